The number of hydrogen-bond donors (Lipinski definition) is 0. The van der Waals surface area contributed by atoms with E-state index in [1.165, 1.54) is 11.3 Å². The molecule has 0 unspecified atom stereocenters. The van der Waals surface area contributed by atoms with Crippen LogP contribution >= 0.6 is 34.7 Å². The van der Waals surface area contributed by atoms with Crippen molar-refractivity contribution < 1.29 is 14.3 Å². The molecule has 0 aliphatic heterocycles. The SMILES string of the molecule is COc1ccc2c(c1)c(CC(=O)N(CCSC)c1nccs1)c(C)n2C(=O)c1ccc(Cl)cc1. The van der Waals surface area contributed by atoms with E-state index in [0.29, 0.717) is 28.0 Å². The van der Waals surface area contributed by atoms with Gasteiger partial charge >= 0.3 is 0 Å². The minimum absolute atomic E-state index is 0.0621. The number of hydrogen-bond acceptors (Lipinski definition) is 6. The van der Waals surface area contributed by atoms with Crippen molar-refractivity contribution in [1.29, 1.82) is 0 Å². The third-order valence-corrected chi connectivity index (χ3v) is 7.27. The topological polar surface area (TPSA) is 64.4 Å². The number of amides is 1. The van der Waals surface area contributed by atoms with E-state index in [1.807, 2.05) is 36.8 Å². The molecular formula is C25H24ClN3O3S2. The Bertz CT molecular complexity index is 1320. The Hall–Kier alpha value is -2.81. The summed E-state index contributed by atoms with van der Waals surface area (Å²) in [5.41, 5.74) is 2.76. The number of rotatable bonds is 8. The number of carbonyl (C=O) groups is 2. The number of anilines is 1. The van der Waals surface area contributed by atoms with Crippen LogP contribution < -0.4 is 9.64 Å². The van der Waals surface area contributed by atoms with Gasteiger partial charge in [0.25, 0.3) is 5.91 Å². The molecule has 6 nitrogen and oxygen atoms in total. The molecule has 4 aromatic rings. The van der Waals surface area contributed by atoms with Gasteiger partial charge in [-0.25, -0.2) is 4.98 Å². The van der Waals surface area contributed by atoms with Crippen LogP contribution in [0.2, 0.25) is 5.02 Å². The number of thioether (sulfide) groups is 1. The van der Waals surface area contributed by atoms with Crippen LogP contribution in [0.15, 0.2) is 54.0 Å². The highest BCUT2D eigenvalue weighted by Crippen LogP contribution is 2.32. The number of benzene rings is 2. The molecule has 2 aromatic carbocycles. The van der Waals surface area contributed by atoms with Crippen LogP contribution in [0.25, 0.3) is 10.9 Å². The van der Waals surface area contributed by atoms with Crippen molar-refractivity contribution in [3.63, 3.8) is 0 Å². The van der Waals surface area contributed by atoms with E-state index in [4.69, 9.17) is 16.3 Å². The average Bonchev–Trinajstić information content (AvgIpc) is 3.46. The quantitative estimate of drug-likeness (QED) is 0.302. The fourth-order valence-electron chi connectivity index (χ4n) is 3.90. The highest BCUT2D eigenvalue weighted by Gasteiger charge is 2.25. The number of nitrogens with zero attached hydrogens (tertiary/aromatic N) is 3. The summed E-state index contributed by atoms with van der Waals surface area (Å²) >= 11 is 9.13. The van der Waals surface area contributed by atoms with E-state index in [2.05, 4.69) is 4.98 Å². The largest absolute Gasteiger partial charge is 0.497 e. The molecule has 0 aliphatic rings. The summed E-state index contributed by atoms with van der Waals surface area (Å²) in [7, 11) is 1.60. The summed E-state index contributed by atoms with van der Waals surface area (Å²) in [5, 5.41) is 3.92. The van der Waals surface area contributed by atoms with Crippen LogP contribution in [-0.4, -0.2) is 47.0 Å². The Balaban J connectivity index is 1.78. The summed E-state index contributed by atoms with van der Waals surface area (Å²) in [6.07, 6.45) is 3.85. The van der Waals surface area contributed by atoms with Gasteiger partial charge in [-0.05, 0) is 61.2 Å². The van der Waals surface area contributed by atoms with Gasteiger partial charge in [0.15, 0.2) is 5.13 Å². The van der Waals surface area contributed by atoms with Crippen molar-refractivity contribution in [3.8, 4) is 5.75 Å². The van der Waals surface area contributed by atoms with Crippen molar-refractivity contribution >= 4 is 62.5 Å². The van der Waals surface area contributed by atoms with E-state index < -0.39 is 0 Å². The number of thiazole rings is 1. The molecule has 2 aromatic heterocycles. The molecule has 1 amide bonds. The monoisotopic (exact) mass is 513 g/mol. The fourth-order valence-corrected chi connectivity index (χ4v) is 5.08. The van der Waals surface area contributed by atoms with Gasteiger partial charge in [0, 0.05) is 45.5 Å². The first kappa shape index (κ1) is 24.3. The van der Waals surface area contributed by atoms with Gasteiger partial charge < -0.3 is 4.74 Å². The second kappa shape index (κ2) is 10.6. The van der Waals surface area contributed by atoms with Gasteiger partial charge in [0.2, 0.25) is 5.91 Å². The Morgan fingerprint density at radius 2 is 1.97 bits per heavy atom. The first-order valence-corrected chi connectivity index (χ1v) is 13.3. The van der Waals surface area contributed by atoms with Gasteiger partial charge in [0.1, 0.15) is 5.75 Å². The second-order valence-corrected chi connectivity index (χ2v) is 9.92. The molecule has 0 radical (unpaired) electrons. The lowest BCUT2D eigenvalue weighted by molar-refractivity contribution is -0.117. The number of methoxy groups -OCH3 is 1. The zero-order valence-corrected chi connectivity index (χ0v) is 21.5. The third kappa shape index (κ3) is 4.85. The van der Waals surface area contributed by atoms with E-state index in [0.717, 1.165) is 27.9 Å². The van der Waals surface area contributed by atoms with Crippen molar-refractivity contribution in [1.82, 2.24) is 9.55 Å². The summed E-state index contributed by atoms with van der Waals surface area (Å²) in [6.45, 7) is 2.44. The lowest BCUT2D eigenvalue weighted by atomic mass is 10.1. The van der Waals surface area contributed by atoms with Gasteiger partial charge in [-0.15, -0.1) is 11.3 Å². The molecule has 176 valence electrons. The number of fused-ring (bicyclic) bond motifs is 1. The standard InChI is InChI=1S/C25H24ClN3O3S2/c1-16-20(15-23(30)28(11-13-33-3)25-27-10-12-34-25)21-14-19(32-2)8-9-22(21)29(16)24(31)17-4-6-18(26)7-5-17/h4-10,12,14H,11,13,15H2,1-3H3. The zero-order valence-electron chi connectivity index (χ0n) is 19.1. The molecular weight excluding hydrogens is 490 g/mol. The summed E-state index contributed by atoms with van der Waals surface area (Å²) in [6, 6.07) is 12.4. The lowest BCUT2D eigenvalue weighted by Gasteiger charge is -2.19. The number of ether oxygens (including phenoxy) is 1. The molecule has 9 heteroatoms. The minimum atomic E-state index is -0.179. The maximum atomic E-state index is 13.5. The first-order valence-electron chi connectivity index (χ1n) is 10.6. The Morgan fingerprint density at radius 1 is 1.21 bits per heavy atom. The number of halogens is 1. The highest BCUT2D eigenvalue weighted by molar-refractivity contribution is 7.98. The summed E-state index contributed by atoms with van der Waals surface area (Å²) in [5.74, 6) is 1.22. The van der Waals surface area contributed by atoms with Crippen LogP contribution in [0.1, 0.15) is 21.6 Å². The lowest BCUT2D eigenvalue weighted by Crippen LogP contribution is -2.34. The van der Waals surface area contributed by atoms with Crippen molar-refractivity contribution in [2.24, 2.45) is 0 Å². The molecule has 0 spiro atoms. The zero-order chi connectivity index (χ0) is 24.2. The molecule has 0 atom stereocenters. The van der Waals surface area contributed by atoms with Crippen molar-refractivity contribution in [2.45, 2.75) is 13.3 Å². The molecule has 0 N–H and O–H groups in total. The maximum absolute atomic E-state index is 13.5. The molecule has 0 saturated heterocycles. The fraction of sp³-hybridized carbons (Fsp3) is 0.240. The van der Waals surface area contributed by atoms with Crippen LogP contribution in [0.4, 0.5) is 5.13 Å². The van der Waals surface area contributed by atoms with Gasteiger partial charge in [0.05, 0.1) is 19.0 Å². The molecule has 0 saturated carbocycles. The molecule has 34 heavy (non-hydrogen) atoms. The predicted octanol–water partition coefficient (Wildman–Crippen LogP) is 5.70. The Morgan fingerprint density at radius 3 is 2.62 bits per heavy atom. The smallest absolute Gasteiger partial charge is 0.262 e. The van der Waals surface area contributed by atoms with E-state index in [1.54, 1.807) is 58.8 Å². The van der Waals surface area contributed by atoms with Crippen LogP contribution in [0, 0.1) is 6.92 Å². The van der Waals surface area contributed by atoms with E-state index in [9.17, 15) is 9.59 Å². The molecule has 0 aliphatic carbocycles. The first-order chi connectivity index (χ1) is 16.4. The van der Waals surface area contributed by atoms with E-state index >= 15 is 0 Å². The Labute approximate surface area is 211 Å². The van der Waals surface area contributed by atoms with E-state index in [-0.39, 0.29) is 18.2 Å². The maximum Gasteiger partial charge on any atom is 0.262 e. The third-order valence-electron chi connectivity index (χ3n) is 5.63. The Kier molecular flexibility index (Phi) is 7.60. The normalized spacial score (nSPS) is 11.1. The second-order valence-electron chi connectivity index (χ2n) is 7.62. The van der Waals surface area contributed by atoms with Crippen molar-refractivity contribution in [2.75, 3.05) is 30.6 Å². The van der Waals surface area contributed by atoms with Gasteiger partial charge in [-0.3, -0.25) is 19.1 Å². The molecule has 0 bridgehead atoms. The summed E-state index contributed by atoms with van der Waals surface area (Å²) < 4.78 is 7.10. The van der Waals surface area contributed by atoms with Gasteiger partial charge in [-0.2, -0.15) is 11.8 Å². The van der Waals surface area contributed by atoms with Gasteiger partial charge in [-0.1, -0.05) is 11.6 Å². The van der Waals surface area contributed by atoms with Crippen LogP contribution in [0.3, 0.4) is 0 Å². The molecule has 4 rings (SSSR count). The highest BCUT2D eigenvalue weighted by atomic mass is 35.5. The van der Waals surface area contributed by atoms with Crippen LogP contribution in [-0.2, 0) is 11.2 Å². The molecule has 2 heterocycles. The minimum Gasteiger partial charge on any atom is -0.497 e. The van der Waals surface area contributed by atoms with Crippen molar-refractivity contribution in [3.05, 3.63) is 75.9 Å². The van der Waals surface area contributed by atoms with Crippen LogP contribution in [0.5, 0.6) is 5.75 Å². The molecule has 0 fully saturated rings. The number of aromatic nitrogens is 2. The summed E-state index contributed by atoms with van der Waals surface area (Å²) in [4.78, 5) is 33.1. The average molecular weight is 514 g/mol. The number of carbonyl (C=O) groups excluding carboxylic acids is 2. The predicted molar refractivity (Wildman–Crippen MR) is 141 cm³/mol.